The van der Waals surface area contributed by atoms with Gasteiger partial charge in [-0.1, -0.05) is 12.1 Å². The van der Waals surface area contributed by atoms with Gasteiger partial charge in [0.05, 0.1) is 4.92 Å². The smallest absolute Gasteiger partial charge is 0.376 e. The third-order valence-electron chi connectivity index (χ3n) is 3.96. The monoisotopic (exact) mass is 354 g/mol. The third kappa shape index (κ3) is 2.79. The predicted octanol–water partition coefficient (Wildman–Crippen LogP) is 1.99. The van der Waals surface area contributed by atoms with E-state index in [0.717, 1.165) is 9.96 Å². The normalized spacial score (nSPS) is 12.8. The van der Waals surface area contributed by atoms with Gasteiger partial charge in [-0.25, -0.2) is 4.98 Å². The summed E-state index contributed by atoms with van der Waals surface area (Å²) >= 11 is 0. The van der Waals surface area contributed by atoms with Crippen molar-refractivity contribution < 1.29 is 14.4 Å². The second-order valence-electron chi connectivity index (χ2n) is 5.63. The van der Waals surface area contributed by atoms with Crippen LogP contribution in [0.25, 0.3) is 5.65 Å². The number of ether oxygens (including phenoxy) is 2. The fourth-order valence-electron chi connectivity index (χ4n) is 2.75. The number of nitrogens with zero attached hydrogens (tertiary/aromatic N) is 3. The molecule has 3 heterocycles. The van der Waals surface area contributed by atoms with E-state index in [9.17, 15) is 14.9 Å². The van der Waals surface area contributed by atoms with E-state index in [4.69, 9.17) is 9.47 Å². The van der Waals surface area contributed by atoms with E-state index in [1.54, 1.807) is 30.3 Å². The highest BCUT2D eigenvalue weighted by atomic mass is 16.6. The van der Waals surface area contributed by atoms with E-state index in [1.165, 1.54) is 6.20 Å². The van der Waals surface area contributed by atoms with Gasteiger partial charge in [0, 0.05) is 12.7 Å². The molecule has 0 bridgehead atoms. The Balaban J connectivity index is 1.67. The molecule has 9 nitrogen and oxygen atoms in total. The van der Waals surface area contributed by atoms with Crippen molar-refractivity contribution in [1.29, 1.82) is 0 Å². The molecular formula is C17H14N4O5. The van der Waals surface area contributed by atoms with Gasteiger partial charge in [0.2, 0.25) is 5.82 Å². The zero-order valence-electron chi connectivity index (χ0n) is 13.5. The molecule has 132 valence electrons. The molecule has 9 heteroatoms. The summed E-state index contributed by atoms with van der Waals surface area (Å²) in [6, 6.07) is 10.3. The summed E-state index contributed by atoms with van der Waals surface area (Å²) in [5, 5.41) is 14.3. The number of hydrogen-bond acceptors (Lipinski definition) is 7. The van der Waals surface area contributed by atoms with Crippen molar-refractivity contribution >= 4 is 17.2 Å². The van der Waals surface area contributed by atoms with E-state index < -0.39 is 16.2 Å². The van der Waals surface area contributed by atoms with Gasteiger partial charge in [-0.3, -0.25) is 19.3 Å². The van der Waals surface area contributed by atoms with Gasteiger partial charge in [0.1, 0.15) is 18.9 Å². The highest BCUT2D eigenvalue weighted by molar-refractivity contribution is 5.60. The molecule has 0 saturated carbocycles. The number of benzene rings is 1. The Morgan fingerprint density at radius 1 is 1.19 bits per heavy atom. The first-order valence-electron chi connectivity index (χ1n) is 7.91. The maximum Gasteiger partial charge on any atom is 0.376 e. The fourth-order valence-corrected chi connectivity index (χ4v) is 2.75. The van der Waals surface area contributed by atoms with Crippen LogP contribution in [0.15, 0.2) is 47.4 Å². The van der Waals surface area contributed by atoms with Crippen LogP contribution in [0.5, 0.6) is 11.5 Å². The minimum atomic E-state index is -0.731. The Kier molecular flexibility index (Phi) is 3.88. The van der Waals surface area contributed by atoms with Crippen molar-refractivity contribution in [3.8, 4) is 11.5 Å². The summed E-state index contributed by atoms with van der Waals surface area (Å²) in [4.78, 5) is 27.3. The first kappa shape index (κ1) is 15.9. The molecule has 0 saturated heterocycles. The lowest BCUT2D eigenvalue weighted by atomic mass is 10.2. The van der Waals surface area contributed by atoms with Crippen LogP contribution >= 0.6 is 0 Å². The maximum atomic E-state index is 12.4. The number of nitrogens with one attached hydrogen (secondary N) is 1. The molecule has 3 aromatic rings. The minimum Gasteiger partial charge on any atom is -0.486 e. The van der Waals surface area contributed by atoms with Gasteiger partial charge in [-0.15, -0.1) is 0 Å². The molecule has 0 spiro atoms. The third-order valence-corrected chi connectivity index (χ3v) is 3.96. The number of nitro groups is 1. The molecule has 0 atom stereocenters. The average Bonchev–Trinajstić information content (AvgIpc) is 2.66. The zero-order valence-corrected chi connectivity index (χ0v) is 13.5. The molecule has 0 aliphatic carbocycles. The van der Waals surface area contributed by atoms with Gasteiger partial charge in [-0.05, 0) is 29.8 Å². The maximum absolute atomic E-state index is 12.4. The molecule has 0 unspecified atom stereocenters. The Morgan fingerprint density at radius 2 is 2.00 bits per heavy atom. The van der Waals surface area contributed by atoms with Crippen LogP contribution in [-0.4, -0.2) is 27.5 Å². The van der Waals surface area contributed by atoms with Crippen molar-refractivity contribution in [2.45, 2.75) is 6.54 Å². The lowest BCUT2D eigenvalue weighted by molar-refractivity contribution is -0.385. The van der Waals surface area contributed by atoms with Gasteiger partial charge in [0.25, 0.3) is 0 Å². The van der Waals surface area contributed by atoms with Crippen molar-refractivity contribution in [3.63, 3.8) is 0 Å². The van der Waals surface area contributed by atoms with Crippen LogP contribution in [0.1, 0.15) is 5.56 Å². The summed E-state index contributed by atoms with van der Waals surface area (Å²) in [5.74, 6) is 1.21. The van der Waals surface area contributed by atoms with E-state index >= 15 is 0 Å². The molecule has 1 aliphatic heterocycles. The molecule has 0 radical (unpaired) electrons. The first-order valence-corrected chi connectivity index (χ1v) is 7.91. The molecule has 0 amide bonds. The predicted molar refractivity (Wildman–Crippen MR) is 92.9 cm³/mol. The Hall–Kier alpha value is -3.62. The quantitative estimate of drug-likeness (QED) is 0.564. The fraction of sp³-hybridized carbons (Fsp3) is 0.176. The molecule has 26 heavy (non-hydrogen) atoms. The minimum absolute atomic E-state index is 0.0684. The zero-order chi connectivity index (χ0) is 18.1. The van der Waals surface area contributed by atoms with Crippen LogP contribution in [-0.2, 0) is 6.54 Å². The molecule has 1 aromatic carbocycles. The largest absolute Gasteiger partial charge is 0.486 e. The van der Waals surface area contributed by atoms with Crippen LogP contribution < -0.4 is 20.3 Å². The molecule has 0 fully saturated rings. The summed E-state index contributed by atoms with van der Waals surface area (Å²) in [7, 11) is 0. The Labute approximate surface area is 147 Å². The number of aromatic nitrogens is 2. The summed E-state index contributed by atoms with van der Waals surface area (Å²) in [6.07, 6.45) is 1.45. The average molecular weight is 354 g/mol. The van der Waals surface area contributed by atoms with Crippen molar-refractivity contribution in [2.24, 2.45) is 0 Å². The van der Waals surface area contributed by atoms with Crippen LogP contribution in [0, 0.1) is 10.1 Å². The molecule has 4 rings (SSSR count). The van der Waals surface area contributed by atoms with Crippen molar-refractivity contribution in [1.82, 2.24) is 9.38 Å². The Bertz CT molecular complexity index is 1060. The number of hydrogen-bond donors (Lipinski definition) is 1. The second kappa shape index (κ2) is 6.36. The summed E-state index contributed by atoms with van der Waals surface area (Å²) in [5.41, 5.74) is -0.178. The summed E-state index contributed by atoms with van der Waals surface area (Å²) in [6.45, 7) is 1.22. The topological polar surface area (TPSA) is 108 Å². The number of rotatable bonds is 4. The van der Waals surface area contributed by atoms with Crippen molar-refractivity contribution in [2.75, 3.05) is 18.5 Å². The lowest BCUT2D eigenvalue weighted by Gasteiger charge is -2.19. The molecule has 1 N–H and O–H groups in total. The van der Waals surface area contributed by atoms with E-state index in [0.29, 0.717) is 30.4 Å². The van der Waals surface area contributed by atoms with Crippen LogP contribution in [0.2, 0.25) is 0 Å². The van der Waals surface area contributed by atoms with E-state index in [2.05, 4.69) is 10.3 Å². The Morgan fingerprint density at radius 3 is 2.81 bits per heavy atom. The molecule has 2 aromatic heterocycles. The lowest BCUT2D eigenvalue weighted by Crippen LogP contribution is -2.21. The van der Waals surface area contributed by atoms with Crippen molar-refractivity contribution in [3.05, 3.63) is 68.6 Å². The first-order chi connectivity index (χ1) is 12.6. The number of fused-ring (bicyclic) bond motifs is 2. The van der Waals surface area contributed by atoms with Gasteiger partial charge < -0.3 is 14.8 Å². The SMILES string of the molecule is O=c1c([N+](=O)[O-])c(NCc2ccc3c(c2)OCCO3)nc2ccccn12. The standard InChI is InChI=1S/C17H14N4O5/c22-17-15(21(23)24)16(19-14-3-1-2-6-20(14)17)18-10-11-4-5-12-13(9-11)26-8-7-25-12/h1-6,9,18H,7-8,10H2. The highest BCUT2D eigenvalue weighted by Gasteiger charge is 2.23. The molecule has 1 aliphatic rings. The van der Waals surface area contributed by atoms with E-state index in [1.807, 2.05) is 6.07 Å². The van der Waals surface area contributed by atoms with Gasteiger partial charge >= 0.3 is 11.2 Å². The van der Waals surface area contributed by atoms with E-state index in [-0.39, 0.29) is 12.4 Å². The second-order valence-corrected chi connectivity index (χ2v) is 5.63. The van der Waals surface area contributed by atoms with Gasteiger partial charge in [0.15, 0.2) is 11.5 Å². The number of anilines is 1. The van der Waals surface area contributed by atoms with Gasteiger partial charge in [-0.2, -0.15) is 0 Å². The summed E-state index contributed by atoms with van der Waals surface area (Å²) < 4.78 is 12.1. The van der Waals surface area contributed by atoms with Crippen LogP contribution in [0.3, 0.4) is 0 Å². The number of pyridine rings is 1. The molecular weight excluding hydrogens is 340 g/mol. The van der Waals surface area contributed by atoms with Crippen LogP contribution in [0.4, 0.5) is 11.5 Å². The highest BCUT2D eigenvalue weighted by Crippen LogP contribution is 2.31.